The number of barbiturate groups is 1. The molecular formula is C32H46N4O6S2. The molecule has 0 aromatic heterocycles. The Balaban J connectivity index is 1.20. The van der Waals surface area contributed by atoms with Crippen molar-refractivity contribution < 1.29 is 28.7 Å². The molecule has 6 rings (SSSR count). The van der Waals surface area contributed by atoms with Crippen molar-refractivity contribution in [3.8, 4) is 0 Å². The highest BCUT2D eigenvalue weighted by molar-refractivity contribution is 8.22. The molecule has 6 aliphatic rings. The minimum absolute atomic E-state index is 0.103. The number of amides is 7. The molecule has 3 aliphatic heterocycles. The van der Waals surface area contributed by atoms with Crippen molar-refractivity contribution in [3.63, 3.8) is 0 Å². The largest absolute Gasteiger partial charge is 0.380 e. The average Bonchev–Trinajstić information content (AvgIpc) is 3.54. The molecule has 7 amide bonds. The Hall–Kier alpha value is -2.05. The molecule has 44 heavy (non-hydrogen) atoms. The quantitative estimate of drug-likeness (QED) is 0.194. The third-order valence-corrected chi connectivity index (χ3v) is 13.1. The van der Waals surface area contributed by atoms with Crippen LogP contribution in [0.4, 0.5) is 9.59 Å². The molecule has 12 heteroatoms. The molecular weight excluding hydrogens is 601 g/mol. The Labute approximate surface area is 269 Å². The standard InChI is InChI=1S/C32H46N4O6S2/c1-5-43-26(44-6-2)23-24(37)34(15-21-9-7-8-10-21)29(41)36(25(23)38)22-11-13-31(14-12-22)16-32(17-31)27(39)33(4)28(40)35(32)18-30(3)19-42-20-30/h21-22H,5-20H2,1-4H3. The van der Waals surface area contributed by atoms with Gasteiger partial charge in [0.25, 0.3) is 17.7 Å². The highest BCUT2D eigenvalue weighted by Gasteiger charge is 2.68. The SMILES string of the molecule is CCSC(SCC)=C1C(=O)N(CC2CCCC2)C(=O)N(C2CCC3(CC2)CC2(C3)C(=O)N(C)C(=O)N2CC2(C)COC2)C1=O. The van der Waals surface area contributed by atoms with E-state index in [0.29, 0.717) is 56.2 Å². The lowest BCUT2D eigenvalue weighted by atomic mass is 9.51. The van der Waals surface area contributed by atoms with Crippen molar-refractivity contribution in [1.82, 2.24) is 19.6 Å². The van der Waals surface area contributed by atoms with Gasteiger partial charge in [-0.25, -0.2) is 9.59 Å². The van der Waals surface area contributed by atoms with Crippen LogP contribution in [0, 0.1) is 16.7 Å². The van der Waals surface area contributed by atoms with Gasteiger partial charge in [-0.2, -0.15) is 0 Å². The van der Waals surface area contributed by atoms with Gasteiger partial charge in [0.05, 0.1) is 17.5 Å². The van der Waals surface area contributed by atoms with E-state index in [1.165, 1.54) is 38.2 Å². The Kier molecular flexibility index (Phi) is 8.67. The van der Waals surface area contributed by atoms with Crippen molar-refractivity contribution in [2.75, 3.05) is 44.9 Å². The molecule has 242 valence electrons. The fraction of sp³-hybridized carbons (Fsp3) is 0.781. The Morgan fingerprint density at radius 2 is 1.50 bits per heavy atom. The molecule has 0 atom stereocenters. The van der Waals surface area contributed by atoms with Crippen molar-refractivity contribution in [3.05, 3.63) is 9.81 Å². The minimum Gasteiger partial charge on any atom is -0.380 e. The van der Waals surface area contributed by atoms with E-state index in [0.717, 1.165) is 50.0 Å². The third-order valence-electron chi connectivity index (χ3n) is 10.9. The van der Waals surface area contributed by atoms with Crippen LogP contribution in [-0.2, 0) is 19.1 Å². The molecule has 3 heterocycles. The van der Waals surface area contributed by atoms with Crippen molar-refractivity contribution in [1.29, 1.82) is 0 Å². The first-order valence-electron chi connectivity index (χ1n) is 16.3. The number of rotatable bonds is 9. The van der Waals surface area contributed by atoms with Gasteiger partial charge in [0.2, 0.25) is 0 Å². The van der Waals surface area contributed by atoms with E-state index < -0.39 is 23.4 Å². The average molecular weight is 647 g/mol. The van der Waals surface area contributed by atoms with E-state index in [4.69, 9.17) is 4.74 Å². The predicted molar refractivity (Wildman–Crippen MR) is 170 cm³/mol. The number of hydrogen-bond donors (Lipinski definition) is 0. The zero-order valence-corrected chi connectivity index (χ0v) is 28.2. The molecule has 0 unspecified atom stereocenters. The number of hydrogen-bond acceptors (Lipinski definition) is 8. The van der Waals surface area contributed by atoms with Crippen LogP contribution in [0.5, 0.6) is 0 Å². The van der Waals surface area contributed by atoms with Crippen LogP contribution in [0.15, 0.2) is 9.81 Å². The molecule has 6 fully saturated rings. The van der Waals surface area contributed by atoms with Crippen LogP contribution >= 0.6 is 23.5 Å². The van der Waals surface area contributed by atoms with Gasteiger partial charge in [0, 0.05) is 31.6 Å². The fourth-order valence-corrected chi connectivity index (χ4v) is 10.8. The number of carbonyl (C=O) groups is 5. The van der Waals surface area contributed by atoms with E-state index in [1.54, 1.807) is 11.9 Å². The molecule has 3 saturated carbocycles. The second-order valence-electron chi connectivity index (χ2n) is 14.2. The highest BCUT2D eigenvalue weighted by Crippen LogP contribution is 2.62. The highest BCUT2D eigenvalue weighted by atomic mass is 32.2. The summed E-state index contributed by atoms with van der Waals surface area (Å²) in [6.07, 6.45) is 8.24. The second-order valence-corrected chi connectivity index (χ2v) is 17.0. The van der Waals surface area contributed by atoms with Gasteiger partial charge >= 0.3 is 12.1 Å². The molecule has 0 aromatic carbocycles. The minimum atomic E-state index is -0.807. The zero-order valence-electron chi connectivity index (χ0n) is 26.5. The zero-order chi connectivity index (χ0) is 31.4. The lowest BCUT2D eigenvalue weighted by Gasteiger charge is -2.60. The summed E-state index contributed by atoms with van der Waals surface area (Å²) in [4.78, 5) is 74.3. The number of likely N-dealkylation sites (N-methyl/N-ethyl adjacent to an activating group) is 1. The lowest BCUT2D eigenvalue weighted by molar-refractivity contribution is -0.160. The summed E-state index contributed by atoms with van der Waals surface area (Å²) in [5.41, 5.74) is -0.889. The van der Waals surface area contributed by atoms with Crippen molar-refractivity contribution in [2.45, 2.75) is 96.6 Å². The maximum absolute atomic E-state index is 14.1. The molecule has 10 nitrogen and oxygen atoms in total. The summed E-state index contributed by atoms with van der Waals surface area (Å²) in [6, 6.07) is -0.992. The first-order valence-corrected chi connectivity index (χ1v) is 18.3. The number of carbonyl (C=O) groups excluding carboxylic acids is 5. The van der Waals surface area contributed by atoms with Gasteiger partial charge in [0.15, 0.2) is 0 Å². The summed E-state index contributed by atoms with van der Waals surface area (Å²) in [6.45, 7) is 8.15. The van der Waals surface area contributed by atoms with Crippen molar-refractivity contribution in [2.24, 2.45) is 16.7 Å². The summed E-state index contributed by atoms with van der Waals surface area (Å²) in [5, 5.41) is 0. The maximum atomic E-state index is 14.1. The smallest absolute Gasteiger partial charge is 0.334 e. The van der Waals surface area contributed by atoms with Gasteiger partial charge < -0.3 is 9.64 Å². The van der Waals surface area contributed by atoms with E-state index in [-0.39, 0.29) is 40.3 Å². The normalized spacial score (nSPS) is 32.4. The number of nitrogens with zero attached hydrogens (tertiary/aromatic N) is 4. The number of thioether (sulfide) groups is 2. The van der Waals surface area contributed by atoms with Crippen molar-refractivity contribution >= 4 is 53.3 Å². The molecule has 3 aliphatic carbocycles. The lowest BCUT2D eigenvalue weighted by Crippen LogP contribution is -2.67. The fourth-order valence-electron chi connectivity index (χ4n) is 8.59. The number of urea groups is 2. The molecule has 0 radical (unpaired) electrons. The van der Waals surface area contributed by atoms with Gasteiger partial charge in [-0.15, -0.1) is 23.5 Å². The van der Waals surface area contributed by atoms with E-state index >= 15 is 0 Å². The van der Waals surface area contributed by atoms with Gasteiger partial charge in [-0.1, -0.05) is 33.6 Å². The van der Waals surface area contributed by atoms with Gasteiger partial charge in [0.1, 0.15) is 11.1 Å². The van der Waals surface area contributed by atoms with Gasteiger partial charge in [-0.05, 0) is 74.2 Å². The number of imide groups is 3. The third kappa shape index (κ3) is 5.20. The second kappa shape index (κ2) is 12.0. The molecule has 3 saturated heterocycles. The predicted octanol–water partition coefficient (Wildman–Crippen LogP) is 5.08. The maximum Gasteiger partial charge on any atom is 0.334 e. The summed E-state index contributed by atoms with van der Waals surface area (Å²) in [5.74, 6) is 0.735. The van der Waals surface area contributed by atoms with Crippen LogP contribution in [0.2, 0.25) is 0 Å². The first kappa shape index (κ1) is 31.9. The number of ether oxygens (including phenoxy) is 1. The Bertz CT molecular complexity index is 1250. The van der Waals surface area contributed by atoms with Gasteiger partial charge in [-0.3, -0.25) is 29.1 Å². The van der Waals surface area contributed by atoms with Crippen LogP contribution in [0.3, 0.4) is 0 Å². The van der Waals surface area contributed by atoms with Crippen LogP contribution in [-0.4, -0.2) is 106 Å². The Morgan fingerprint density at radius 1 is 0.886 bits per heavy atom. The van der Waals surface area contributed by atoms with Crippen LogP contribution in [0.1, 0.15) is 85.0 Å². The molecule has 0 N–H and O–H groups in total. The van der Waals surface area contributed by atoms with E-state index in [1.807, 2.05) is 13.8 Å². The molecule has 0 aromatic rings. The first-order chi connectivity index (χ1) is 21.0. The summed E-state index contributed by atoms with van der Waals surface area (Å²) < 4.78 is 6.14. The topological polar surface area (TPSA) is 108 Å². The molecule has 2 spiro atoms. The van der Waals surface area contributed by atoms with Crippen LogP contribution < -0.4 is 0 Å². The molecule has 0 bridgehead atoms. The van der Waals surface area contributed by atoms with E-state index in [2.05, 4.69) is 6.92 Å². The summed E-state index contributed by atoms with van der Waals surface area (Å²) in [7, 11) is 1.58. The van der Waals surface area contributed by atoms with Crippen LogP contribution in [0.25, 0.3) is 0 Å². The Morgan fingerprint density at radius 3 is 2.05 bits per heavy atom. The van der Waals surface area contributed by atoms with E-state index in [9.17, 15) is 24.0 Å². The summed E-state index contributed by atoms with van der Waals surface area (Å²) >= 11 is 3.01. The monoisotopic (exact) mass is 646 g/mol.